The van der Waals surface area contributed by atoms with Crippen molar-refractivity contribution in [3.8, 4) is 17.2 Å². The van der Waals surface area contributed by atoms with Gasteiger partial charge in [0.15, 0.2) is 11.5 Å². The van der Waals surface area contributed by atoms with Gasteiger partial charge >= 0.3 is 0 Å². The maximum Gasteiger partial charge on any atom is 0.157 e. The lowest BCUT2D eigenvalue weighted by molar-refractivity contribution is 0.402. The van der Waals surface area contributed by atoms with Crippen LogP contribution in [0.1, 0.15) is 28.2 Å². The Balaban J connectivity index is 2.10. The molecule has 0 radical (unpaired) electrons. The lowest BCUT2D eigenvalue weighted by Gasteiger charge is -2.28. The van der Waals surface area contributed by atoms with Crippen LogP contribution in [0.4, 0.5) is 0 Å². The van der Waals surface area contributed by atoms with Gasteiger partial charge in [-0.1, -0.05) is 12.1 Å². The number of phenols is 3. The molecule has 20 heavy (non-hydrogen) atoms. The molecule has 1 unspecified atom stereocenters. The lowest BCUT2D eigenvalue weighted by atomic mass is 9.83. The molecule has 0 saturated carbocycles. The number of rotatable bonds is 1. The fourth-order valence-electron chi connectivity index (χ4n) is 2.83. The van der Waals surface area contributed by atoms with Gasteiger partial charge in [-0.15, -0.1) is 0 Å². The Morgan fingerprint density at radius 3 is 2.50 bits per heavy atom. The molecule has 1 atom stereocenters. The highest BCUT2D eigenvalue weighted by Gasteiger charge is 2.24. The zero-order valence-corrected chi connectivity index (χ0v) is 11.2. The van der Waals surface area contributed by atoms with E-state index < -0.39 is 0 Å². The molecule has 4 heteroatoms. The molecule has 2 aromatic carbocycles. The van der Waals surface area contributed by atoms with E-state index in [1.807, 2.05) is 19.1 Å². The smallest absolute Gasteiger partial charge is 0.157 e. The minimum Gasteiger partial charge on any atom is -0.508 e. The number of hydrogen-bond acceptors (Lipinski definition) is 4. The first-order chi connectivity index (χ1) is 9.58. The summed E-state index contributed by atoms with van der Waals surface area (Å²) in [4.78, 5) is 0. The molecule has 1 aliphatic rings. The average molecular weight is 271 g/mol. The molecule has 4 nitrogen and oxygen atoms in total. The summed E-state index contributed by atoms with van der Waals surface area (Å²) in [6, 6.07) is 8.57. The molecule has 0 fully saturated rings. The normalized spacial score (nSPS) is 17.8. The third-order valence-electron chi connectivity index (χ3n) is 4.03. The largest absolute Gasteiger partial charge is 0.508 e. The quantitative estimate of drug-likeness (QED) is 0.601. The number of hydrogen-bond donors (Lipinski definition) is 4. The van der Waals surface area contributed by atoms with Crippen molar-refractivity contribution in [3.05, 3.63) is 52.6 Å². The van der Waals surface area contributed by atoms with Crippen LogP contribution < -0.4 is 5.32 Å². The predicted molar refractivity (Wildman–Crippen MR) is 76.2 cm³/mol. The molecule has 1 heterocycles. The van der Waals surface area contributed by atoms with E-state index in [0.29, 0.717) is 5.75 Å². The minimum absolute atomic E-state index is 0.101. The van der Waals surface area contributed by atoms with Crippen LogP contribution in [-0.4, -0.2) is 21.9 Å². The molecule has 0 bridgehead atoms. The van der Waals surface area contributed by atoms with E-state index in [-0.39, 0.29) is 17.4 Å². The first-order valence-electron chi connectivity index (χ1n) is 6.62. The maximum atomic E-state index is 9.81. The summed E-state index contributed by atoms with van der Waals surface area (Å²) in [7, 11) is 0. The highest BCUT2D eigenvalue weighted by molar-refractivity contribution is 5.51. The zero-order valence-electron chi connectivity index (χ0n) is 11.2. The van der Waals surface area contributed by atoms with Crippen molar-refractivity contribution in [2.75, 3.05) is 6.54 Å². The molecular weight excluding hydrogens is 254 g/mol. The maximum absolute atomic E-state index is 9.81. The summed E-state index contributed by atoms with van der Waals surface area (Å²) >= 11 is 0. The van der Waals surface area contributed by atoms with E-state index in [1.165, 1.54) is 6.07 Å². The standard InChI is InChI=1S/C16H17NO3/c1-9-12-7-17-8-13(11(12)3-5-14(9)18)10-2-4-15(19)16(20)6-10/h2-6,13,17-20H,7-8H2,1H3. The molecule has 1 aliphatic heterocycles. The lowest BCUT2D eigenvalue weighted by Crippen LogP contribution is -2.29. The van der Waals surface area contributed by atoms with Crippen molar-refractivity contribution in [1.29, 1.82) is 0 Å². The Bertz CT molecular complexity index is 667. The van der Waals surface area contributed by atoms with Gasteiger partial charge in [-0.25, -0.2) is 0 Å². The fourth-order valence-corrected chi connectivity index (χ4v) is 2.83. The van der Waals surface area contributed by atoms with E-state index in [1.54, 1.807) is 12.1 Å². The number of phenolic OH excluding ortho intramolecular Hbond substituents is 3. The van der Waals surface area contributed by atoms with Crippen molar-refractivity contribution in [2.24, 2.45) is 0 Å². The average Bonchev–Trinajstić information content (AvgIpc) is 2.45. The second-order valence-corrected chi connectivity index (χ2v) is 5.21. The van der Waals surface area contributed by atoms with Crippen molar-refractivity contribution in [1.82, 2.24) is 5.32 Å². The third-order valence-corrected chi connectivity index (χ3v) is 4.03. The van der Waals surface area contributed by atoms with Crippen molar-refractivity contribution >= 4 is 0 Å². The second kappa shape index (κ2) is 4.72. The summed E-state index contributed by atoms with van der Waals surface area (Å²) in [5, 5.41) is 32.2. The summed E-state index contributed by atoms with van der Waals surface area (Å²) in [5.74, 6) is 0.189. The van der Waals surface area contributed by atoms with Gasteiger partial charge in [0.25, 0.3) is 0 Å². The number of aromatic hydroxyl groups is 3. The van der Waals surface area contributed by atoms with Crippen molar-refractivity contribution in [2.45, 2.75) is 19.4 Å². The van der Waals surface area contributed by atoms with Gasteiger partial charge in [0.2, 0.25) is 0 Å². The molecule has 0 saturated heterocycles. The Morgan fingerprint density at radius 1 is 1.00 bits per heavy atom. The van der Waals surface area contributed by atoms with Crippen LogP contribution in [0.2, 0.25) is 0 Å². The topological polar surface area (TPSA) is 72.7 Å². The summed E-state index contributed by atoms with van der Waals surface area (Å²) < 4.78 is 0. The highest BCUT2D eigenvalue weighted by Crippen LogP contribution is 2.37. The van der Waals surface area contributed by atoms with Gasteiger partial charge in [0.1, 0.15) is 5.75 Å². The van der Waals surface area contributed by atoms with Crippen LogP contribution in [0.15, 0.2) is 30.3 Å². The molecule has 0 aliphatic carbocycles. The molecule has 4 N–H and O–H groups in total. The Kier molecular flexibility index (Phi) is 3.03. The van der Waals surface area contributed by atoms with Gasteiger partial charge in [-0.2, -0.15) is 0 Å². The molecular formula is C16H17NO3. The van der Waals surface area contributed by atoms with Gasteiger partial charge in [0.05, 0.1) is 0 Å². The van der Waals surface area contributed by atoms with Gasteiger partial charge in [-0.05, 0) is 47.4 Å². The van der Waals surface area contributed by atoms with Gasteiger partial charge < -0.3 is 20.6 Å². The monoisotopic (exact) mass is 271 g/mol. The third kappa shape index (κ3) is 1.98. The van der Waals surface area contributed by atoms with Crippen LogP contribution in [0.3, 0.4) is 0 Å². The minimum atomic E-state index is -0.111. The highest BCUT2D eigenvalue weighted by atomic mass is 16.3. The summed E-state index contributed by atoms with van der Waals surface area (Å²) in [6.45, 7) is 3.41. The first kappa shape index (κ1) is 12.8. The van der Waals surface area contributed by atoms with Crippen LogP contribution >= 0.6 is 0 Å². The van der Waals surface area contributed by atoms with Crippen LogP contribution in [-0.2, 0) is 6.54 Å². The van der Waals surface area contributed by atoms with E-state index in [9.17, 15) is 15.3 Å². The van der Waals surface area contributed by atoms with Gasteiger partial charge in [-0.3, -0.25) is 0 Å². The Labute approximate surface area is 117 Å². The first-order valence-corrected chi connectivity index (χ1v) is 6.62. The van der Waals surface area contributed by atoms with Crippen molar-refractivity contribution in [3.63, 3.8) is 0 Å². The zero-order chi connectivity index (χ0) is 14.3. The molecule has 104 valence electrons. The number of fused-ring (bicyclic) bond motifs is 1. The molecule has 0 spiro atoms. The van der Waals surface area contributed by atoms with E-state index >= 15 is 0 Å². The van der Waals surface area contributed by atoms with Crippen LogP contribution in [0, 0.1) is 6.92 Å². The predicted octanol–water partition coefficient (Wildman–Crippen LogP) is 2.35. The molecule has 0 aromatic heterocycles. The fraction of sp³-hybridized carbons (Fsp3) is 0.250. The van der Waals surface area contributed by atoms with E-state index in [4.69, 9.17) is 0 Å². The Hall–Kier alpha value is -2.20. The van der Waals surface area contributed by atoms with Crippen LogP contribution in [0.5, 0.6) is 17.2 Å². The SMILES string of the molecule is Cc1c(O)ccc2c1CNCC2c1ccc(O)c(O)c1. The molecule has 3 rings (SSSR count). The molecule has 2 aromatic rings. The van der Waals surface area contributed by atoms with Crippen LogP contribution in [0.25, 0.3) is 0 Å². The molecule has 0 amide bonds. The van der Waals surface area contributed by atoms with E-state index in [0.717, 1.165) is 35.3 Å². The van der Waals surface area contributed by atoms with Gasteiger partial charge in [0, 0.05) is 19.0 Å². The Morgan fingerprint density at radius 2 is 1.75 bits per heavy atom. The summed E-state index contributed by atoms with van der Waals surface area (Å²) in [6.07, 6.45) is 0. The number of benzene rings is 2. The second-order valence-electron chi connectivity index (χ2n) is 5.21. The van der Waals surface area contributed by atoms with E-state index in [2.05, 4.69) is 5.32 Å². The number of nitrogens with one attached hydrogen (secondary N) is 1. The summed E-state index contributed by atoms with van der Waals surface area (Å²) in [5.41, 5.74) is 4.10. The van der Waals surface area contributed by atoms with Crippen molar-refractivity contribution < 1.29 is 15.3 Å².